The molecule has 0 spiro atoms. The number of benzene rings is 2. The maximum atomic E-state index is 13.0. The number of nitrogens with one attached hydrogen (secondary N) is 1. The molecule has 0 aromatic heterocycles. The maximum Gasteiger partial charge on any atom is 0.257 e. The van der Waals surface area contributed by atoms with E-state index in [0.717, 1.165) is 12.1 Å². The lowest BCUT2D eigenvalue weighted by Crippen LogP contribution is -2.25. The summed E-state index contributed by atoms with van der Waals surface area (Å²) in [6.07, 6.45) is 0.601. The second kappa shape index (κ2) is 6.41. The average Bonchev–Trinajstić information content (AvgIpc) is 2.87. The zero-order chi connectivity index (χ0) is 17.3. The molecule has 3 rings (SSSR count). The molecule has 2 aromatic rings. The van der Waals surface area contributed by atoms with Crippen LogP contribution in [-0.2, 0) is 10.0 Å². The second-order valence-electron chi connectivity index (χ2n) is 5.37. The van der Waals surface area contributed by atoms with E-state index in [4.69, 9.17) is 11.6 Å². The van der Waals surface area contributed by atoms with E-state index in [9.17, 15) is 17.6 Å². The number of carbonyl (C=O) groups excluding carboxylic acids is 1. The first-order chi connectivity index (χ1) is 11.4. The van der Waals surface area contributed by atoms with Gasteiger partial charge in [0.05, 0.1) is 22.0 Å². The van der Waals surface area contributed by atoms with Gasteiger partial charge in [0.25, 0.3) is 5.91 Å². The molecule has 1 aliphatic rings. The Bertz CT molecular complexity index is 885. The number of sulfonamides is 1. The minimum absolute atomic E-state index is 0.0206. The third-order valence-corrected chi connectivity index (χ3v) is 5.87. The molecule has 0 radical (unpaired) electrons. The standard InChI is InChI=1S/C16H14ClFN2O3S/c17-15-10-11(18)2-7-14(15)16(21)19-12-3-5-13(6-4-12)20-8-1-9-24(20,22)23/h2-7,10H,1,8-9H2,(H,19,21). The number of hydrogen-bond acceptors (Lipinski definition) is 3. The van der Waals surface area contributed by atoms with Crippen molar-refractivity contribution in [3.8, 4) is 0 Å². The number of nitrogens with zero attached hydrogens (tertiary/aromatic N) is 1. The van der Waals surface area contributed by atoms with Gasteiger partial charge in [0.2, 0.25) is 10.0 Å². The Morgan fingerprint density at radius 1 is 1.17 bits per heavy atom. The lowest BCUT2D eigenvalue weighted by Gasteiger charge is -2.17. The van der Waals surface area contributed by atoms with Gasteiger partial charge in [0, 0.05) is 12.2 Å². The summed E-state index contributed by atoms with van der Waals surface area (Å²) in [7, 11) is -3.24. The molecule has 2 aromatic carbocycles. The molecule has 0 unspecified atom stereocenters. The molecule has 1 saturated heterocycles. The van der Waals surface area contributed by atoms with Crippen molar-refractivity contribution >= 4 is 38.9 Å². The fourth-order valence-corrected chi connectivity index (χ4v) is 4.33. The second-order valence-corrected chi connectivity index (χ2v) is 7.79. The number of halogens is 2. The van der Waals surface area contributed by atoms with Crippen LogP contribution in [0, 0.1) is 5.82 Å². The van der Waals surface area contributed by atoms with Crippen LogP contribution in [0.4, 0.5) is 15.8 Å². The zero-order valence-electron chi connectivity index (χ0n) is 12.5. The summed E-state index contributed by atoms with van der Waals surface area (Å²) in [6.45, 7) is 0.458. The molecule has 1 N–H and O–H groups in total. The van der Waals surface area contributed by atoms with Crippen LogP contribution < -0.4 is 9.62 Å². The van der Waals surface area contributed by atoms with Crippen LogP contribution in [0.15, 0.2) is 42.5 Å². The van der Waals surface area contributed by atoms with Gasteiger partial charge in [-0.05, 0) is 48.9 Å². The van der Waals surface area contributed by atoms with Crippen molar-refractivity contribution in [1.82, 2.24) is 0 Å². The molecular weight excluding hydrogens is 355 g/mol. The SMILES string of the molecule is O=C(Nc1ccc(N2CCCS2(=O)=O)cc1)c1ccc(F)cc1Cl. The quantitative estimate of drug-likeness (QED) is 0.904. The van der Waals surface area contributed by atoms with E-state index in [-0.39, 0.29) is 16.3 Å². The van der Waals surface area contributed by atoms with Crippen molar-refractivity contribution in [3.05, 3.63) is 58.9 Å². The Hall–Kier alpha value is -2.12. The predicted molar refractivity (Wildman–Crippen MR) is 91.6 cm³/mol. The van der Waals surface area contributed by atoms with Crippen molar-refractivity contribution in [3.63, 3.8) is 0 Å². The Morgan fingerprint density at radius 3 is 2.46 bits per heavy atom. The number of anilines is 2. The molecule has 0 atom stereocenters. The lowest BCUT2D eigenvalue weighted by molar-refractivity contribution is 0.102. The van der Waals surface area contributed by atoms with Crippen molar-refractivity contribution in [1.29, 1.82) is 0 Å². The topological polar surface area (TPSA) is 66.5 Å². The Balaban J connectivity index is 1.76. The molecule has 0 aliphatic carbocycles. The maximum absolute atomic E-state index is 13.0. The molecule has 1 amide bonds. The highest BCUT2D eigenvalue weighted by atomic mass is 35.5. The molecule has 24 heavy (non-hydrogen) atoms. The molecule has 8 heteroatoms. The highest BCUT2D eigenvalue weighted by molar-refractivity contribution is 7.93. The minimum atomic E-state index is -3.24. The van der Waals surface area contributed by atoms with Crippen LogP contribution >= 0.6 is 11.6 Å². The summed E-state index contributed by atoms with van der Waals surface area (Å²) in [4.78, 5) is 12.2. The van der Waals surface area contributed by atoms with Crippen LogP contribution in [-0.4, -0.2) is 26.6 Å². The number of carbonyl (C=O) groups is 1. The Kier molecular flexibility index (Phi) is 4.47. The fourth-order valence-electron chi connectivity index (χ4n) is 2.51. The summed E-state index contributed by atoms with van der Waals surface area (Å²) in [5, 5.41) is 2.66. The van der Waals surface area contributed by atoms with Gasteiger partial charge in [-0.15, -0.1) is 0 Å². The fraction of sp³-hybridized carbons (Fsp3) is 0.188. The lowest BCUT2D eigenvalue weighted by atomic mass is 10.2. The van der Waals surface area contributed by atoms with Gasteiger partial charge >= 0.3 is 0 Å². The first kappa shape index (κ1) is 16.7. The summed E-state index contributed by atoms with van der Waals surface area (Å²) in [6, 6.07) is 10.0. The van der Waals surface area contributed by atoms with Crippen molar-refractivity contribution < 1.29 is 17.6 Å². The van der Waals surface area contributed by atoms with E-state index in [1.807, 2.05) is 0 Å². The number of rotatable bonds is 3. The van der Waals surface area contributed by atoms with Crippen LogP contribution in [0.5, 0.6) is 0 Å². The van der Waals surface area contributed by atoms with E-state index in [1.165, 1.54) is 10.4 Å². The molecule has 5 nitrogen and oxygen atoms in total. The van der Waals surface area contributed by atoms with Gasteiger partial charge in [-0.2, -0.15) is 0 Å². The highest BCUT2D eigenvalue weighted by Crippen LogP contribution is 2.26. The Morgan fingerprint density at radius 2 is 1.88 bits per heavy atom. The van der Waals surface area contributed by atoms with Crippen molar-refractivity contribution in [2.24, 2.45) is 0 Å². The summed E-state index contributed by atoms with van der Waals surface area (Å²) >= 11 is 5.86. The Labute approximate surface area is 144 Å². The average molecular weight is 369 g/mol. The van der Waals surface area contributed by atoms with Crippen molar-refractivity contribution in [2.45, 2.75) is 6.42 Å². The summed E-state index contributed by atoms with van der Waals surface area (Å²) in [5.41, 5.74) is 1.20. The molecule has 1 fully saturated rings. The van der Waals surface area contributed by atoms with Crippen LogP contribution in [0.2, 0.25) is 5.02 Å². The molecule has 0 saturated carbocycles. The van der Waals surface area contributed by atoms with Crippen molar-refractivity contribution in [2.75, 3.05) is 21.9 Å². The largest absolute Gasteiger partial charge is 0.322 e. The number of hydrogen-bond donors (Lipinski definition) is 1. The van der Waals surface area contributed by atoms with Gasteiger partial charge in [0.1, 0.15) is 5.82 Å². The smallest absolute Gasteiger partial charge is 0.257 e. The van der Waals surface area contributed by atoms with E-state index in [1.54, 1.807) is 24.3 Å². The van der Waals surface area contributed by atoms with Gasteiger partial charge < -0.3 is 5.32 Å². The van der Waals surface area contributed by atoms with E-state index >= 15 is 0 Å². The van der Waals surface area contributed by atoms with Crippen LogP contribution in [0.3, 0.4) is 0 Å². The van der Waals surface area contributed by atoms with Gasteiger partial charge in [-0.1, -0.05) is 11.6 Å². The van der Waals surface area contributed by atoms with E-state index in [0.29, 0.717) is 24.3 Å². The van der Waals surface area contributed by atoms with E-state index < -0.39 is 21.7 Å². The molecule has 1 heterocycles. The van der Waals surface area contributed by atoms with Crippen LogP contribution in [0.25, 0.3) is 0 Å². The monoisotopic (exact) mass is 368 g/mol. The molecule has 0 bridgehead atoms. The van der Waals surface area contributed by atoms with Gasteiger partial charge in [-0.25, -0.2) is 12.8 Å². The normalized spacial score (nSPS) is 16.2. The first-order valence-corrected chi connectivity index (χ1v) is 9.22. The van der Waals surface area contributed by atoms with Gasteiger partial charge in [-0.3, -0.25) is 9.10 Å². The summed E-state index contributed by atoms with van der Waals surface area (Å²) in [5.74, 6) is -0.844. The highest BCUT2D eigenvalue weighted by Gasteiger charge is 2.28. The molecular formula is C16H14ClFN2O3S. The first-order valence-electron chi connectivity index (χ1n) is 7.24. The minimum Gasteiger partial charge on any atom is -0.322 e. The zero-order valence-corrected chi connectivity index (χ0v) is 14.1. The third kappa shape index (κ3) is 3.37. The third-order valence-electron chi connectivity index (χ3n) is 3.69. The predicted octanol–water partition coefficient (Wildman–Crippen LogP) is 3.27. The van der Waals surface area contributed by atoms with Crippen LogP contribution in [0.1, 0.15) is 16.8 Å². The summed E-state index contributed by atoms with van der Waals surface area (Å²) < 4.78 is 38.2. The molecule has 1 aliphatic heterocycles. The molecule has 126 valence electrons. The number of amides is 1. The van der Waals surface area contributed by atoms with E-state index in [2.05, 4.69) is 5.32 Å². The van der Waals surface area contributed by atoms with Gasteiger partial charge in [0.15, 0.2) is 0 Å².